The van der Waals surface area contributed by atoms with Crippen molar-refractivity contribution in [2.45, 2.75) is 6.42 Å². The largest absolute Gasteiger partial charge is 0.353 e. The van der Waals surface area contributed by atoms with Crippen LogP contribution in [0.2, 0.25) is 0 Å². The van der Waals surface area contributed by atoms with E-state index >= 15 is 0 Å². The third kappa shape index (κ3) is 5.89. The number of hydrogen-bond acceptors (Lipinski definition) is 3. The number of hydrogen-bond donors (Lipinski definition) is 1. The summed E-state index contributed by atoms with van der Waals surface area (Å²) in [6.07, 6.45) is 3.84. The van der Waals surface area contributed by atoms with Gasteiger partial charge in [0, 0.05) is 42.8 Å². The summed E-state index contributed by atoms with van der Waals surface area (Å²) in [6, 6.07) is 6.41. The second kappa shape index (κ2) is 8.85. The Bertz CT molecular complexity index is 487. The van der Waals surface area contributed by atoms with E-state index in [2.05, 4.69) is 10.2 Å². The molecule has 3 nitrogen and oxygen atoms in total. The van der Waals surface area contributed by atoms with Crippen LogP contribution in [0.25, 0.3) is 6.08 Å². The van der Waals surface area contributed by atoms with E-state index in [4.69, 9.17) is 0 Å². The average Bonchev–Trinajstić information content (AvgIpc) is 2.52. The zero-order chi connectivity index (χ0) is 14.9. The number of nitrogens with zero attached hydrogens (tertiary/aromatic N) is 1. The van der Waals surface area contributed by atoms with E-state index in [-0.39, 0.29) is 11.7 Å². The quantitative estimate of drug-likeness (QED) is 0.647. The highest BCUT2D eigenvalue weighted by atomic mass is 32.2. The smallest absolute Gasteiger partial charge is 0.244 e. The van der Waals surface area contributed by atoms with Gasteiger partial charge in [0.1, 0.15) is 5.82 Å². The van der Waals surface area contributed by atoms with Crippen molar-refractivity contribution in [2.75, 3.05) is 37.7 Å². The summed E-state index contributed by atoms with van der Waals surface area (Å²) >= 11 is 2.00. The Morgan fingerprint density at radius 3 is 2.86 bits per heavy atom. The SMILES string of the molecule is O=C(/C=C/c1ccccc1F)NCCCN1CCSCC1. The number of carbonyl (C=O) groups excluding carboxylic acids is 1. The highest BCUT2D eigenvalue weighted by Gasteiger charge is 2.09. The van der Waals surface area contributed by atoms with Gasteiger partial charge in [-0.1, -0.05) is 18.2 Å². The topological polar surface area (TPSA) is 32.3 Å². The van der Waals surface area contributed by atoms with Crippen LogP contribution >= 0.6 is 11.8 Å². The third-order valence-electron chi connectivity index (χ3n) is 3.37. The monoisotopic (exact) mass is 308 g/mol. The Hall–Kier alpha value is -1.33. The molecule has 1 amide bonds. The second-order valence-corrected chi connectivity index (χ2v) is 6.18. The lowest BCUT2D eigenvalue weighted by Gasteiger charge is -2.25. The van der Waals surface area contributed by atoms with E-state index < -0.39 is 0 Å². The molecule has 1 aliphatic rings. The summed E-state index contributed by atoms with van der Waals surface area (Å²) in [4.78, 5) is 14.1. The molecule has 0 saturated carbocycles. The van der Waals surface area contributed by atoms with Crippen molar-refractivity contribution in [1.82, 2.24) is 10.2 Å². The molecule has 1 aliphatic heterocycles. The molecule has 1 N–H and O–H groups in total. The Balaban J connectivity index is 1.64. The average molecular weight is 308 g/mol. The first kappa shape index (κ1) is 16.0. The van der Waals surface area contributed by atoms with Crippen LogP contribution in [0, 0.1) is 5.82 Å². The molecule has 0 aromatic heterocycles. The molecule has 5 heteroatoms. The van der Waals surface area contributed by atoms with E-state index in [1.165, 1.54) is 29.7 Å². The highest BCUT2D eigenvalue weighted by molar-refractivity contribution is 7.99. The van der Waals surface area contributed by atoms with Gasteiger partial charge in [-0.2, -0.15) is 11.8 Å². The van der Waals surface area contributed by atoms with Crippen LogP contribution in [-0.4, -0.2) is 48.5 Å². The first-order valence-corrected chi connectivity index (χ1v) is 8.42. The Morgan fingerprint density at radius 2 is 2.10 bits per heavy atom. The molecule has 0 unspecified atom stereocenters. The lowest BCUT2D eigenvalue weighted by Crippen LogP contribution is -2.35. The molecule has 0 aliphatic carbocycles. The summed E-state index contributed by atoms with van der Waals surface area (Å²) in [6.45, 7) is 3.97. The van der Waals surface area contributed by atoms with Crippen molar-refractivity contribution >= 4 is 23.7 Å². The Morgan fingerprint density at radius 1 is 1.33 bits per heavy atom. The molecule has 1 heterocycles. The summed E-state index contributed by atoms with van der Waals surface area (Å²) in [7, 11) is 0. The standard InChI is InChI=1S/C16H21FN2OS/c17-15-5-2-1-4-14(15)6-7-16(20)18-8-3-9-19-10-12-21-13-11-19/h1-2,4-7H,3,8-13H2,(H,18,20)/b7-6+. The molecular formula is C16H21FN2OS. The maximum Gasteiger partial charge on any atom is 0.244 e. The molecule has 0 spiro atoms. The number of amides is 1. The Kier molecular flexibility index (Phi) is 6.76. The molecule has 1 aromatic rings. The van der Waals surface area contributed by atoms with Gasteiger partial charge in [0.05, 0.1) is 0 Å². The number of nitrogens with one attached hydrogen (secondary N) is 1. The van der Waals surface area contributed by atoms with Crippen LogP contribution < -0.4 is 5.32 Å². The number of rotatable bonds is 6. The minimum atomic E-state index is -0.315. The van der Waals surface area contributed by atoms with Crippen molar-refractivity contribution in [3.05, 3.63) is 41.7 Å². The fourth-order valence-corrected chi connectivity index (χ4v) is 3.15. The van der Waals surface area contributed by atoms with E-state index in [1.807, 2.05) is 11.8 Å². The minimum absolute atomic E-state index is 0.174. The molecular weight excluding hydrogens is 287 g/mol. The number of thioether (sulfide) groups is 1. The lowest BCUT2D eigenvalue weighted by atomic mass is 10.2. The van der Waals surface area contributed by atoms with Crippen molar-refractivity contribution < 1.29 is 9.18 Å². The van der Waals surface area contributed by atoms with Crippen molar-refractivity contribution in [1.29, 1.82) is 0 Å². The van der Waals surface area contributed by atoms with Gasteiger partial charge >= 0.3 is 0 Å². The van der Waals surface area contributed by atoms with Gasteiger partial charge in [0.15, 0.2) is 0 Å². The maximum atomic E-state index is 13.4. The van der Waals surface area contributed by atoms with Crippen LogP contribution in [0.1, 0.15) is 12.0 Å². The van der Waals surface area contributed by atoms with Crippen LogP contribution in [0.3, 0.4) is 0 Å². The first-order chi connectivity index (χ1) is 10.3. The van der Waals surface area contributed by atoms with Gasteiger partial charge in [0.25, 0.3) is 0 Å². The molecule has 0 bridgehead atoms. The molecule has 2 rings (SSSR count). The lowest BCUT2D eigenvalue weighted by molar-refractivity contribution is -0.116. The van der Waals surface area contributed by atoms with Crippen molar-refractivity contribution in [2.24, 2.45) is 0 Å². The fourth-order valence-electron chi connectivity index (χ4n) is 2.17. The predicted octanol–water partition coefficient (Wildman–Crippen LogP) is 2.39. The predicted molar refractivity (Wildman–Crippen MR) is 86.8 cm³/mol. The van der Waals surface area contributed by atoms with Gasteiger partial charge in [-0.25, -0.2) is 4.39 Å². The minimum Gasteiger partial charge on any atom is -0.353 e. The summed E-state index contributed by atoms with van der Waals surface area (Å²) in [5.74, 6) is 1.92. The van der Waals surface area contributed by atoms with Crippen LogP contribution in [0.4, 0.5) is 4.39 Å². The molecule has 1 fully saturated rings. The van der Waals surface area contributed by atoms with Gasteiger partial charge in [-0.15, -0.1) is 0 Å². The van der Waals surface area contributed by atoms with Gasteiger partial charge in [0.2, 0.25) is 5.91 Å². The number of halogens is 1. The zero-order valence-corrected chi connectivity index (χ0v) is 12.9. The number of benzene rings is 1. The maximum absolute atomic E-state index is 13.4. The van der Waals surface area contributed by atoms with Gasteiger partial charge in [-0.05, 0) is 25.1 Å². The summed E-state index contributed by atoms with van der Waals surface area (Å²) < 4.78 is 13.4. The van der Waals surface area contributed by atoms with Gasteiger partial charge < -0.3 is 10.2 Å². The highest BCUT2D eigenvalue weighted by Crippen LogP contribution is 2.09. The van der Waals surface area contributed by atoms with Crippen LogP contribution in [-0.2, 0) is 4.79 Å². The van der Waals surface area contributed by atoms with E-state index in [1.54, 1.807) is 18.2 Å². The van der Waals surface area contributed by atoms with Crippen molar-refractivity contribution in [3.63, 3.8) is 0 Å². The molecule has 0 atom stereocenters. The molecule has 0 radical (unpaired) electrons. The van der Waals surface area contributed by atoms with Crippen LogP contribution in [0.15, 0.2) is 30.3 Å². The summed E-state index contributed by atoms with van der Waals surface area (Å²) in [5, 5.41) is 2.83. The molecule has 21 heavy (non-hydrogen) atoms. The fraction of sp³-hybridized carbons (Fsp3) is 0.438. The first-order valence-electron chi connectivity index (χ1n) is 7.26. The normalized spacial score (nSPS) is 16.2. The van der Waals surface area contributed by atoms with Crippen molar-refractivity contribution in [3.8, 4) is 0 Å². The third-order valence-corrected chi connectivity index (χ3v) is 4.32. The Labute approximate surface area is 129 Å². The van der Waals surface area contributed by atoms with E-state index in [0.29, 0.717) is 12.1 Å². The number of carbonyl (C=O) groups is 1. The van der Waals surface area contributed by atoms with E-state index in [0.717, 1.165) is 26.1 Å². The molecule has 1 saturated heterocycles. The molecule has 1 aromatic carbocycles. The summed E-state index contributed by atoms with van der Waals surface area (Å²) in [5.41, 5.74) is 0.429. The van der Waals surface area contributed by atoms with Crippen LogP contribution in [0.5, 0.6) is 0 Å². The zero-order valence-electron chi connectivity index (χ0n) is 12.1. The molecule has 114 valence electrons. The van der Waals surface area contributed by atoms with E-state index in [9.17, 15) is 9.18 Å². The van der Waals surface area contributed by atoms with Gasteiger partial charge in [-0.3, -0.25) is 4.79 Å². The second-order valence-electron chi connectivity index (χ2n) is 4.95.